The summed E-state index contributed by atoms with van der Waals surface area (Å²) < 4.78 is 29.1. The molecule has 0 aliphatic rings. The van der Waals surface area contributed by atoms with E-state index in [1.807, 2.05) is 31.3 Å². The second-order valence-electron chi connectivity index (χ2n) is 10.5. The van der Waals surface area contributed by atoms with Gasteiger partial charge in [-0.25, -0.2) is 13.4 Å². The molecule has 0 bridgehead atoms. The summed E-state index contributed by atoms with van der Waals surface area (Å²) in [5.74, 6) is 0.555. The molecule has 40 heavy (non-hydrogen) atoms. The molecule has 1 amide bonds. The van der Waals surface area contributed by atoms with Crippen molar-refractivity contribution in [1.29, 1.82) is 0 Å². The average Bonchev–Trinajstić information content (AvgIpc) is 2.91. The smallest absolute Gasteiger partial charge is 0.239 e. The number of carbonyl (C=O) groups is 1. The van der Waals surface area contributed by atoms with Crippen molar-refractivity contribution >= 4 is 26.8 Å². The second kappa shape index (κ2) is 12.6. The van der Waals surface area contributed by atoms with Crippen molar-refractivity contribution < 1.29 is 13.2 Å². The number of carbonyl (C=O) groups excluding carboxylic acids is 1. The number of nitrogens with one attached hydrogen (secondary N) is 1. The summed E-state index contributed by atoms with van der Waals surface area (Å²) in [6, 6.07) is 22.0. The first-order valence-corrected chi connectivity index (χ1v) is 15.4. The lowest BCUT2D eigenvalue weighted by atomic mass is 9.99. The minimum absolute atomic E-state index is 0.274. The number of fused-ring (bicyclic) bond motifs is 1. The molecule has 0 saturated heterocycles. The molecule has 3 aromatic carbocycles. The molecule has 1 aromatic heterocycles. The number of rotatable bonds is 10. The first-order valence-electron chi connectivity index (χ1n) is 13.8. The van der Waals surface area contributed by atoms with Gasteiger partial charge in [-0.3, -0.25) is 14.5 Å². The molecule has 0 aliphatic heterocycles. The summed E-state index contributed by atoms with van der Waals surface area (Å²) in [5.41, 5.74) is 6.61. The standard InChI is InChI=1S/C32H38N4O3S/c1-6-7-12-31-34-30-18-17-26(22(2)3)19-29(30)32(33-5)36(31)20-24-13-15-25(16-14-24)28-11-9-8-10-27(28)21-40(38,39)35-23(4)37/h8-11,13-19,22H,6-7,12,20-21H2,1-5H3,(H,35,37). The molecule has 0 aliphatic carbocycles. The van der Waals surface area contributed by atoms with Gasteiger partial charge in [0.05, 0.1) is 17.8 Å². The molecule has 1 N–H and O–H groups in total. The normalized spacial score (nSPS) is 12.3. The van der Waals surface area contributed by atoms with E-state index in [0.717, 1.165) is 58.2 Å². The molecule has 0 unspecified atom stereocenters. The van der Waals surface area contributed by atoms with Gasteiger partial charge in [-0.15, -0.1) is 0 Å². The van der Waals surface area contributed by atoms with E-state index >= 15 is 0 Å². The third-order valence-electron chi connectivity index (χ3n) is 6.98. The zero-order valence-corrected chi connectivity index (χ0v) is 24.8. The summed E-state index contributed by atoms with van der Waals surface area (Å²) in [7, 11) is -1.94. The number of sulfonamides is 1. The van der Waals surface area contributed by atoms with Crippen molar-refractivity contribution in [1.82, 2.24) is 14.3 Å². The highest BCUT2D eigenvalue weighted by Crippen LogP contribution is 2.26. The maximum atomic E-state index is 12.4. The third-order valence-corrected chi connectivity index (χ3v) is 8.27. The lowest BCUT2D eigenvalue weighted by Gasteiger charge is -2.17. The molecule has 0 fully saturated rings. The van der Waals surface area contributed by atoms with Gasteiger partial charge in [-0.2, -0.15) is 0 Å². The molecule has 4 rings (SSSR count). The molecule has 8 heteroatoms. The predicted molar refractivity (Wildman–Crippen MR) is 161 cm³/mol. The molecule has 0 spiro atoms. The van der Waals surface area contributed by atoms with Crippen LogP contribution < -0.4 is 10.2 Å². The van der Waals surface area contributed by atoms with Crippen LogP contribution in [0.15, 0.2) is 71.7 Å². The number of hydrogen-bond acceptors (Lipinski definition) is 5. The molecule has 7 nitrogen and oxygen atoms in total. The van der Waals surface area contributed by atoms with Crippen molar-refractivity contribution in [2.45, 2.75) is 65.2 Å². The Morgan fingerprint density at radius 1 is 1.05 bits per heavy atom. The Hall–Kier alpha value is -3.78. The number of aryl methyl sites for hydroxylation is 1. The Morgan fingerprint density at radius 3 is 2.42 bits per heavy atom. The average molecular weight is 559 g/mol. The number of amides is 1. The lowest BCUT2D eigenvalue weighted by Crippen LogP contribution is -2.29. The fourth-order valence-electron chi connectivity index (χ4n) is 4.95. The monoisotopic (exact) mass is 558 g/mol. The van der Waals surface area contributed by atoms with Gasteiger partial charge >= 0.3 is 0 Å². The first kappa shape index (κ1) is 29.2. The van der Waals surface area contributed by atoms with Crippen LogP contribution >= 0.6 is 0 Å². The highest BCUT2D eigenvalue weighted by molar-refractivity contribution is 7.89. The van der Waals surface area contributed by atoms with E-state index < -0.39 is 15.9 Å². The van der Waals surface area contributed by atoms with E-state index in [0.29, 0.717) is 18.0 Å². The maximum Gasteiger partial charge on any atom is 0.239 e. The van der Waals surface area contributed by atoms with Gasteiger partial charge < -0.3 is 4.57 Å². The fourth-order valence-corrected chi connectivity index (χ4v) is 6.12. The van der Waals surface area contributed by atoms with Crippen LogP contribution in [-0.2, 0) is 33.5 Å². The summed E-state index contributed by atoms with van der Waals surface area (Å²) >= 11 is 0. The summed E-state index contributed by atoms with van der Waals surface area (Å²) in [6.07, 6.45) is 2.99. The maximum absolute atomic E-state index is 12.4. The highest BCUT2D eigenvalue weighted by Gasteiger charge is 2.17. The van der Waals surface area contributed by atoms with Gasteiger partial charge in [-0.1, -0.05) is 81.8 Å². The van der Waals surface area contributed by atoms with Crippen molar-refractivity contribution in [2.24, 2.45) is 4.99 Å². The second-order valence-corrected chi connectivity index (χ2v) is 12.2. The Kier molecular flexibility index (Phi) is 9.20. The number of benzene rings is 3. The number of hydrogen-bond donors (Lipinski definition) is 1. The Balaban J connectivity index is 1.72. The number of nitrogens with zero attached hydrogens (tertiary/aromatic N) is 3. The van der Waals surface area contributed by atoms with E-state index in [9.17, 15) is 13.2 Å². The van der Waals surface area contributed by atoms with Gasteiger partial charge in [0.15, 0.2) is 0 Å². The summed E-state index contributed by atoms with van der Waals surface area (Å²) in [4.78, 5) is 21.1. The predicted octanol–water partition coefficient (Wildman–Crippen LogP) is 5.71. The Bertz CT molecular complexity index is 1690. The van der Waals surface area contributed by atoms with Crippen LogP contribution in [0.1, 0.15) is 69.0 Å². The zero-order valence-electron chi connectivity index (χ0n) is 23.9. The number of aromatic nitrogens is 2. The molecular weight excluding hydrogens is 520 g/mol. The molecule has 210 valence electrons. The fraction of sp³-hybridized carbons (Fsp3) is 0.344. The molecule has 0 atom stereocenters. The van der Waals surface area contributed by atoms with E-state index in [1.54, 1.807) is 12.1 Å². The largest absolute Gasteiger partial charge is 0.310 e. The molecular formula is C32H38N4O3S. The summed E-state index contributed by atoms with van der Waals surface area (Å²) in [6.45, 7) is 8.38. The van der Waals surface area contributed by atoms with Crippen molar-refractivity contribution in [3.05, 3.63) is 94.7 Å². The Morgan fingerprint density at radius 2 is 1.77 bits per heavy atom. The molecule has 4 aromatic rings. The minimum Gasteiger partial charge on any atom is -0.310 e. The SMILES string of the molecule is CCCCc1nc2ccc(C(C)C)cc2c(=NC)n1Cc1ccc(-c2ccccc2CS(=O)(=O)NC(C)=O)cc1. The van der Waals surface area contributed by atoms with E-state index in [1.165, 1.54) is 12.5 Å². The van der Waals surface area contributed by atoms with Crippen molar-refractivity contribution in [3.63, 3.8) is 0 Å². The van der Waals surface area contributed by atoms with Crippen molar-refractivity contribution in [2.75, 3.05) is 7.05 Å². The van der Waals surface area contributed by atoms with Gasteiger partial charge in [0.1, 0.15) is 11.3 Å². The van der Waals surface area contributed by atoms with Gasteiger partial charge in [-0.05, 0) is 52.3 Å². The quantitative estimate of drug-likeness (QED) is 0.270. The summed E-state index contributed by atoms with van der Waals surface area (Å²) in [5, 5.41) is 1.06. The van der Waals surface area contributed by atoms with Crippen LogP contribution in [0.2, 0.25) is 0 Å². The topological polar surface area (TPSA) is 93.4 Å². The van der Waals surface area contributed by atoms with Crippen LogP contribution in [-0.4, -0.2) is 30.9 Å². The van der Waals surface area contributed by atoms with Gasteiger partial charge in [0, 0.05) is 25.8 Å². The van der Waals surface area contributed by atoms with Crippen LogP contribution in [0.5, 0.6) is 0 Å². The molecule has 1 heterocycles. The Labute approximate surface area is 237 Å². The van der Waals surface area contributed by atoms with Gasteiger partial charge in [0.2, 0.25) is 15.9 Å². The lowest BCUT2D eigenvalue weighted by molar-refractivity contribution is -0.117. The van der Waals surface area contributed by atoms with Crippen LogP contribution in [0.4, 0.5) is 0 Å². The zero-order chi connectivity index (χ0) is 28.9. The van der Waals surface area contributed by atoms with Crippen LogP contribution in [0.25, 0.3) is 22.0 Å². The van der Waals surface area contributed by atoms with Gasteiger partial charge in [0.25, 0.3) is 0 Å². The van der Waals surface area contributed by atoms with Crippen LogP contribution in [0, 0.1) is 0 Å². The number of unbranched alkanes of at least 4 members (excludes halogenated alkanes) is 1. The van der Waals surface area contributed by atoms with E-state index in [2.05, 4.69) is 60.4 Å². The molecule has 0 saturated carbocycles. The van der Waals surface area contributed by atoms with Crippen molar-refractivity contribution in [3.8, 4) is 11.1 Å². The highest BCUT2D eigenvalue weighted by atomic mass is 32.2. The van der Waals surface area contributed by atoms with E-state index in [4.69, 9.17) is 9.98 Å². The third kappa shape index (κ3) is 6.86. The first-order chi connectivity index (χ1) is 19.1. The minimum atomic E-state index is -3.78. The molecule has 0 radical (unpaired) electrons. The van der Waals surface area contributed by atoms with E-state index in [-0.39, 0.29) is 5.75 Å². The van der Waals surface area contributed by atoms with Crippen LogP contribution in [0.3, 0.4) is 0 Å².